The minimum absolute atomic E-state index is 0.175. The van der Waals surface area contributed by atoms with E-state index in [1.54, 1.807) is 13.0 Å². The lowest BCUT2D eigenvalue weighted by atomic mass is 9.95. The lowest BCUT2D eigenvalue weighted by Gasteiger charge is -2.35. The number of nitrogens with one attached hydrogen (secondary N) is 1. The number of carbonyl (C=O) groups excluding carboxylic acids is 1. The Morgan fingerprint density at radius 3 is 2.41 bits per heavy atom. The van der Waals surface area contributed by atoms with E-state index in [-0.39, 0.29) is 17.3 Å². The molecule has 0 bridgehead atoms. The van der Waals surface area contributed by atoms with Gasteiger partial charge < -0.3 is 5.32 Å². The highest BCUT2D eigenvalue weighted by Crippen LogP contribution is 2.31. The van der Waals surface area contributed by atoms with Crippen molar-refractivity contribution in [1.29, 1.82) is 0 Å². The highest BCUT2D eigenvalue weighted by Gasteiger charge is 2.40. The summed E-state index contributed by atoms with van der Waals surface area (Å²) in [5, 5.41) is 2.96. The molecular weight excluding hydrogens is 420 g/mol. The standard InChI is InChI=1S/C26H28N2O3S/c1-18-7-6-8-21(13-18)16-27-26(29)24-15-22-9-4-5-10-23(22)17-28(24)32(30,31)25-14-19(2)11-12-20(25)3/h4-14,24H,15-17H2,1-3H3,(H,27,29)/t24-/m0/s1. The fraction of sp³-hybridized carbons (Fsp3) is 0.269. The first-order chi connectivity index (χ1) is 15.3. The largest absolute Gasteiger partial charge is 0.351 e. The van der Waals surface area contributed by atoms with Crippen molar-refractivity contribution in [3.63, 3.8) is 0 Å². The first kappa shape index (κ1) is 22.2. The summed E-state index contributed by atoms with van der Waals surface area (Å²) in [5.74, 6) is -0.283. The maximum Gasteiger partial charge on any atom is 0.244 e. The van der Waals surface area contributed by atoms with Crippen LogP contribution < -0.4 is 5.32 Å². The minimum Gasteiger partial charge on any atom is -0.351 e. The first-order valence-corrected chi connectivity index (χ1v) is 12.2. The summed E-state index contributed by atoms with van der Waals surface area (Å²) in [4.78, 5) is 13.5. The number of benzene rings is 3. The van der Waals surface area contributed by atoms with Gasteiger partial charge in [0.25, 0.3) is 0 Å². The molecule has 32 heavy (non-hydrogen) atoms. The highest BCUT2D eigenvalue weighted by molar-refractivity contribution is 7.89. The van der Waals surface area contributed by atoms with Crippen molar-refractivity contribution in [2.24, 2.45) is 0 Å². The number of amides is 1. The molecule has 4 rings (SSSR count). The normalized spacial score (nSPS) is 16.4. The van der Waals surface area contributed by atoms with Crippen LogP contribution in [-0.4, -0.2) is 24.7 Å². The van der Waals surface area contributed by atoms with E-state index < -0.39 is 16.1 Å². The Hall–Kier alpha value is -2.96. The zero-order valence-electron chi connectivity index (χ0n) is 18.6. The molecule has 1 heterocycles. The summed E-state index contributed by atoms with van der Waals surface area (Å²) in [5.41, 5.74) is 5.58. The number of carbonyl (C=O) groups is 1. The number of hydrogen-bond acceptors (Lipinski definition) is 3. The van der Waals surface area contributed by atoms with Gasteiger partial charge >= 0.3 is 0 Å². The van der Waals surface area contributed by atoms with Crippen LogP contribution in [0.25, 0.3) is 0 Å². The third-order valence-electron chi connectivity index (χ3n) is 5.99. The summed E-state index contributed by atoms with van der Waals surface area (Å²) in [6.07, 6.45) is 0.347. The predicted molar refractivity (Wildman–Crippen MR) is 126 cm³/mol. The molecule has 0 saturated carbocycles. The van der Waals surface area contributed by atoms with Crippen LogP contribution in [0.4, 0.5) is 0 Å². The molecule has 1 atom stereocenters. The lowest BCUT2D eigenvalue weighted by molar-refractivity contribution is -0.125. The highest BCUT2D eigenvalue weighted by atomic mass is 32.2. The third kappa shape index (κ3) is 4.47. The van der Waals surface area contributed by atoms with E-state index in [1.807, 2.05) is 74.5 Å². The van der Waals surface area contributed by atoms with Crippen molar-refractivity contribution in [2.45, 2.75) is 51.2 Å². The molecule has 0 aromatic heterocycles. The molecule has 1 aliphatic heterocycles. The van der Waals surface area contributed by atoms with Crippen molar-refractivity contribution in [3.05, 3.63) is 100 Å². The van der Waals surface area contributed by atoms with Crippen LogP contribution in [0.5, 0.6) is 0 Å². The van der Waals surface area contributed by atoms with Gasteiger partial charge in [0.2, 0.25) is 15.9 Å². The fourth-order valence-electron chi connectivity index (χ4n) is 4.22. The number of aryl methyl sites for hydroxylation is 3. The van der Waals surface area contributed by atoms with Crippen LogP contribution in [0.2, 0.25) is 0 Å². The molecule has 0 aliphatic carbocycles. The summed E-state index contributed by atoms with van der Waals surface area (Å²) in [6.45, 7) is 6.19. The molecule has 3 aromatic rings. The van der Waals surface area contributed by atoms with Crippen molar-refractivity contribution in [1.82, 2.24) is 9.62 Å². The first-order valence-electron chi connectivity index (χ1n) is 10.7. The third-order valence-corrected chi connectivity index (χ3v) is 7.98. The smallest absolute Gasteiger partial charge is 0.244 e. The summed E-state index contributed by atoms with van der Waals surface area (Å²) in [7, 11) is -3.87. The summed E-state index contributed by atoms with van der Waals surface area (Å²) < 4.78 is 28.9. The Labute approximate surface area is 190 Å². The van der Waals surface area contributed by atoms with Crippen molar-refractivity contribution in [3.8, 4) is 0 Å². The van der Waals surface area contributed by atoms with Gasteiger partial charge in [-0.25, -0.2) is 8.42 Å². The maximum absolute atomic E-state index is 13.7. The van der Waals surface area contributed by atoms with Crippen LogP contribution in [-0.2, 0) is 34.3 Å². The van der Waals surface area contributed by atoms with Gasteiger partial charge in [-0.2, -0.15) is 4.31 Å². The Morgan fingerprint density at radius 1 is 0.938 bits per heavy atom. The summed E-state index contributed by atoms with van der Waals surface area (Å²) in [6, 6.07) is 20.2. The van der Waals surface area contributed by atoms with E-state index >= 15 is 0 Å². The van der Waals surface area contributed by atoms with E-state index in [0.717, 1.165) is 27.8 Å². The van der Waals surface area contributed by atoms with E-state index in [9.17, 15) is 13.2 Å². The lowest BCUT2D eigenvalue weighted by Crippen LogP contribution is -2.52. The van der Waals surface area contributed by atoms with Gasteiger partial charge in [0.1, 0.15) is 6.04 Å². The molecule has 1 N–H and O–H groups in total. The van der Waals surface area contributed by atoms with Crippen molar-refractivity contribution in [2.75, 3.05) is 0 Å². The number of fused-ring (bicyclic) bond motifs is 1. The van der Waals surface area contributed by atoms with E-state index in [4.69, 9.17) is 0 Å². The van der Waals surface area contributed by atoms with Crippen molar-refractivity contribution < 1.29 is 13.2 Å². The van der Waals surface area contributed by atoms with Gasteiger partial charge in [-0.3, -0.25) is 4.79 Å². The Kier molecular flexibility index (Phi) is 6.17. The molecule has 0 fully saturated rings. The number of hydrogen-bond donors (Lipinski definition) is 1. The Balaban J connectivity index is 1.68. The zero-order valence-corrected chi connectivity index (χ0v) is 19.4. The van der Waals surface area contributed by atoms with Crippen LogP contribution in [0.1, 0.15) is 33.4 Å². The van der Waals surface area contributed by atoms with Gasteiger partial charge in [0.05, 0.1) is 4.90 Å². The molecule has 5 nitrogen and oxygen atoms in total. The van der Waals surface area contributed by atoms with Crippen LogP contribution in [0.3, 0.4) is 0 Å². The predicted octanol–water partition coefficient (Wildman–Crippen LogP) is 4.04. The molecule has 0 unspecified atom stereocenters. The molecule has 1 amide bonds. The Morgan fingerprint density at radius 2 is 1.66 bits per heavy atom. The second-order valence-corrected chi connectivity index (χ2v) is 10.4. The van der Waals surface area contributed by atoms with Gasteiger partial charge in [-0.15, -0.1) is 0 Å². The average Bonchev–Trinajstić information content (AvgIpc) is 2.78. The maximum atomic E-state index is 13.7. The molecule has 166 valence electrons. The number of rotatable bonds is 5. The van der Waals surface area contributed by atoms with E-state index in [1.165, 1.54) is 4.31 Å². The molecule has 6 heteroatoms. The molecule has 0 radical (unpaired) electrons. The average molecular weight is 449 g/mol. The zero-order chi connectivity index (χ0) is 22.9. The Bertz CT molecular complexity index is 1270. The van der Waals surface area contributed by atoms with Gasteiger partial charge in [-0.05, 0) is 61.1 Å². The monoisotopic (exact) mass is 448 g/mol. The van der Waals surface area contributed by atoms with Crippen LogP contribution in [0.15, 0.2) is 71.6 Å². The van der Waals surface area contributed by atoms with E-state index in [2.05, 4.69) is 5.32 Å². The second-order valence-electron chi connectivity index (χ2n) is 8.51. The molecular formula is C26H28N2O3S. The van der Waals surface area contributed by atoms with Gasteiger partial charge in [-0.1, -0.05) is 66.2 Å². The number of sulfonamides is 1. The topological polar surface area (TPSA) is 66.5 Å². The second kappa shape index (κ2) is 8.88. The SMILES string of the molecule is Cc1cccc(CNC(=O)[C@@H]2Cc3ccccc3CN2S(=O)(=O)c2cc(C)ccc2C)c1. The fourth-order valence-corrected chi connectivity index (χ4v) is 6.09. The van der Waals surface area contributed by atoms with Crippen LogP contribution in [0, 0.1) is 20.8 Å². The van der Waals surface area contributed by atoms with E-state index in [0.29, 0.717) is 18.5 Å². The molecule has 3 aromatic carbocycles. The number of nitrogens with zero attached hydrogens (tertiary/aromatic N) is 1. The molecule has 0 spiro atoms. The quantitative estimate of drug-likeness (QED) is 0.641. The van der Waals surface area contributed by atoms with Crippen LogP contribution >= 0.6 is 0 Å². The molecule has 1 aliphatic rings. The molecule has 0 saturated heterocycles. The van der Waals surface area contributed by atoms with Gasteiger partial charge in [0.15, 0.2) is 0 Å². The minimum atomic E-state index is -3.87. The summed E-state index contributed by atoms with van der Waals surface area (Å²) >= 11 is 0. The van der Waals surface area contributed by atoms with Gasteiger partial charge in [0, 0.05) is 13.1 Å². The van der Waals surface area contributed by atoms with Crippen molar-refractivity contribution >= 4 is 15.9 Å².